The van der Waals surface area contributed by atoms with E-state index in [1.807, 2.05) is 13.0 Å². The molecule has 2 aromatic carbocycles. The molecule has 0 unspecified atom stereocenters. The quantitative estimate of drug-likeness (QED) is 0.841. The number of carbonyl (C=O) groups excluding carboxylic acids is 1. The number of hydrazine groups is 1. The Morgan fingerprint density at radius 2 is 1.82 bits per heavy atom. The number of carbonyl (C=O) groups is 1. The normalized spacial score (nSPS) is 11.2. The third-order valence-electron chi connectivity index (χ3n) is 3.03. The Balaban J connectivity index is 2.13. The Morgan fingerprint density at radius 1 is 1.09 bits per heavy atom. The molecule has 0 heterocycles. The molecule has 0 aliphatic rings. The van der Waals surface area contributed by atoms with Crippen molar-refractivity contribution in [3.8, 4) is 0 Å². The highest BCUT2D eigenvalue weighted by molar-refractivity contribution is 7.89. The molecule has 2 N–H and O–H groups in total. The number of hydrogen-bond acceptors (Lipinski definition) is 3. The molecule has 1 amide bonds. The summed E-state index contributed by atoms with van der Waals surface area (Å²) in [5.41, 5.74) is 4.38. The van der Waals surface area contributed by atoms with Crippen LogP contribution in [0.5, 0.6) is 0 Å². The maximum Gasteiger partial charge on any atom is 0.266 e. The van der Waals surface area contributed by atoms with Crippen molar-refractivity contribution in [1.29, 1.82) is 0 Å². The molecule has 2 rings (SSSR count). The van der Waals surface area contributed by atoms with Crippen molar-refractivity contribution >= 4 is 27.5 Å². The first kappa shape index (κ1) is 16.5. The molecule has 0 aromatic heterocycles. The minimum absolute atomic E-state index is 0.0269. The van der Waals surface area contributed by atoms with E-state index in [0.29, 0.717) is 10.6 Å². The Labute approximate surface area is 134 Å². The molecular weight excluding hydrogens is 324 g/mol. The molecule has 2 aromatic rings. The molecule has 0 bridgehead atoms. The summed E-state index contributed by atoms with van der Waals surface area (Å²) in [5.74, 6) is -0.525. The topological polar surface area (TPSA) is 75.3 Å². The number of halogens is 1. The van der Waals surface area contributed by atoms with Crippen LogP contribution in [0.1, 0.15) is 21.5 Å². The molecular formula is C15H15ClN2O3S. The molecule has 0 spiro atoms. The largest absolute Gasteiger partial charge is 0.273 e. The lowest BCUT2D eigenvalue weighted by molar-refractivity contribution is 0.0944. The fraction of sp³-hybridized carbons (Fsp3) is 0.133. The van der Waals surface area contributed by atoms with Crippen LogP contribution in [0.4, 0.5) is 0 Å². The van der Waals surface area contributed by atoms with Crippen molar-refractivity contribution in [3.05, 3.63) is 64.2 Å². The lowest BCUT2D eigenvalue weighted by Gasteiger charge is -2.10. The summed E-state index contributed by atoms with van der Waals surface area (Å²) in [7, 11) is -3.87. The lowest BCUT2D eigenvalue weighted by atomic mass is 10.1. The highest BCUT2D eigenvalue weighted by atomic mass is 35.5. The van der Waals surface area contributed by atoms with Gasteiger partial charge in [-0.1, -0.05) is 35.4 Å². The van der Waals surface area contributed by atoms with Gasteiger partial charge in [-0.15, -0.1) is 4.83 Å². The van der Waals surface area contributed by atoms with Gasteiger partial charge in [0.05, 0.1) is 4.90 Å². The summed E-state index contributed by atoms with van der Waals surface area (Å²) in [6.45, 7) is 3.70. The molecule has 5 nitrogen and oxygen atoms in total. The highest BCUT2D eigenvalue weighted by Gasteiger charge is 2.16. The average molecular weight is 339 g/mol. The Morgan fingerprint density at radius 3 is 2.45 bits per heavy atom. The highest BCUT2D eigenvalue weighted by Crippen LogP contribution is 2.15. The average Bonchev–Trinajstić information content (AvgIpc) is 2.45. The second-order valence-electron chi connectivity index (χ2n) is 4.84. The minimum atomic E-state index is -3.87. The molecule has 0 radical (unpaired) electrons. The molecule has 0 atom stereocenters. The van der Waals surface area contributed by atoms with Crippen molar-refractivity contribution in [2.75, 3.05) is 0 Å². The van der Waals surface area contributed by atoms with E-state index in [1.54, 1.807) is 25.1 Å². The zero-order valence-electron chi connectivity index (χ0n) is 12.1. The van der Waals surface area contributed by atoms with Crippen LogP contribution in [0, 0.1) is 13.8 Å². The van der Waals surface area contributed by atoms with Gasteiger partial charge in [0.15, 0.2) is 0 Å². The van der Waals surface area contributed by atoms with Gasteiger partial charge >= 0.3 is 0 Å². The predicted octanol–water partition coefficient (Wildman–Crippen LogP) is 2.58. The number of hydrogen-bond donors (Lipinski definition) is 2. The van der Waals surface area contributed by atoms with Crippen LogP contribution >= 0.6 is 11.6 Å². The first-order valence-corrected chi connectivity index (χ1v) is 8.31. The summed E-state index contributed by atoms with van der Waals surface area (Å²) in [5, 5.41) is 0.295. The molecule has 0 saturated heterocycles. The SMILES string of the molecule is Cc1ccc(C(=O)NNS(=O)(=O)c2cccc(Cl)c2)c(C)c1. The van der Waals surface area contributed by atoms with Crippen molar-refractivity contribution in [3.63, 3.8) is 0 Å². The van der Waals surface area contributed by atoms with E-state index >= 15 is 0 Å². The molecule has 7 heteroatoms. The second kappa shape index (κ2) is 6.48. The van der Waals surface area contributed by atoms with Crippen LogP contribution in [-0.2, 0) is 10.0 Å². The predicted molar refractivity (Wildman–Crippen MR) is 85.2 cm³/mol. The van der Waals surface area contributed by atoms with Crippen molar-refractivity contribution in [2.24, 2.45) is 0 Å². The van der Waals surface area contributed by atoms with Gasteiger partial charge in [0.1, 0.15) is 0 Å². The standard InChI is InChI=1S/C15H15ClN2O3S/c1-10-6-7-14(11(2)8-10)15(19)17-18-22(20,21)13-5-3-4-12(16)9-13/h3-9,18H,1-2H3,(H,17,19). The maximum atomic E-state index is 12.1. The summed E-state index contributed by atoms with van der Waals surface area (Å²) in [6, 6.07) is 11.0. The van der Waals surface area contributed by atoms with E-state index in [1.165, 1.54) is 18.2 Å². The van der Waals surface area contributed by atoms with E-state index in [9.17, 15) is 13.2 Å². The van der Waals surface area contributed by atoms with Gasteiger partial charge in [-0.2, -0.15) is 0 Å². The molecule has 22 heavy (non-hydrogen) atoms. The Hall–Kier alpha value is -1.89. The van der Waals surface area contributed by atoms with Crippen LogP contribution in [-0.4, -0.2) is 14.3 Å². The van der Waals surface area contributed by atoms with E-state index < -0.39 is 15.9 Å². The zero-order valence-corrected chi connectivity index (χ0v) is 13.6. The van der Waals surface area contributed by atoms with E-state index in [-0.39, 0.29) is 4.90 Å². The van der Waals surface area contributed by atoms with Crippen LogP contribution in [0.25, 0.3) is 0 Å². The van der Waals surface area contributed by atoms with Crippen LogP contribution in [0.2, 0.25) is 5.02 Å². The number of aryl methyl sites for hydroxylation is 2. The van der Waals surface area contributed by atoms with Crippen LogP contribution in [0.15, 0.2) is 47.4 Å². The molecule has 0 fully saturated rings. The minimum Gasteiger partial charge on any atom is -0.273 e. The fourth-order valence-corrected chi connectivity index (χ4v) is 3.08. The third-order valence-corrected chi connectivity index (χ3v) is 4.51. The summed E-state index contributed by atoms with van der Waals surface area (Å²) < 4.78 is 24.1. The number of amides is 1. The number of nitrogens with one attached hydrogen (secondary N) is 2. The van der Waals surface area contributed by atoms with Gasteiger partial charge in [0.2, 0.25) is 0 Å². The van der Waals surface area contributed by atoms with Crippen LogP contribution in [0.3, 0.4) is 0 Å². The van der Waals surface area contributed by atoms with Crippen molar-refractivity contribution in [2.45, 2.75) is 18.7 Å². The molecule has 0 aliphatic heterocycles. The molecule has 0 aliphatic carbocycles. The number of sulfonamides is 1. The number of rotatable bonds is 4. The summed E-state index contributed by atoms with van der Waals surface area (Å²) in [6.07, 6.45) is 0. The smallest absolute Gasteiger partial charge is 0.266 e. The van der Waals surface area contributed by atoms with Gasteiger partial charge in [0.25, 0.3) is 15.9 Å². The van der Waals surface area contributed by atoms with E-state index in [4.69, 9.17) is 11.6 Å². The van der Waals surface area contributed by atoms with Gasteiger partial charge in [-0.3, -0.25) is 10.2 Å². The lowest BCUT2D eigenvalue weighted by Crippen LogP contribution is -2.41. The Kier molecular flexibility index (Phi) is 4.85. The van der Waals surface area contributed by atoms with E-state index in [0.717, 1.165) is 11.1 Å². The Bertz CT molecular complexity index is 819. The van der Waals surface area contributed by atoms with Gasteiger partial charge < -0.3 is 0 Å². The summed E-state index contributed by atoms with van der Waals surface area (Å²) in [4.78, 5) is 14.1. The number of benzene rings is 2. The van der Waals surface area contributed by atoms with Gasteiger partial charge in [-0.25, -0.2) is 8.42 Å². The van der Waals surface area contributed by atoms with Crippen LogP contribution < -0.4 is 10.3 Å². The van der Waals surface area contributed by atoms with Gasteiger partial charge in [0, 0.05) is 10.6 Å². The van der Waals surface area contributed by atoms with Crippen molar-refractivity contribution < 1.29 is 13.2 Å². The van der Waals surface area contributed by atoms with Crippen molar-refractivity contribution in [1.82, 2.24) is 10.3 Å². The molecule has 116 valence electrons. The zero-order chi connectivity index (χ0) is 16.3. The van der Waals surface area contributed by atoms with Gasteiger partial charge in [-0.05, 0) is 43.7 Å². The summed E-state index contributed by atoms with van der Waals surface area (Å²) >= 11 is 5.77. The third kappa shape index (κ3) is 3.85. The second-order valence-corrected chi connectivity index (χ2v) is 6.95. The monoisotopic (exact) mass is 338 g/mol. The van der Waals surface area contributed by atoms with E-state index in [2.05, 4.69) is 10.3 Å². The maximum absolute atomic E-state index is 12.1. The first-order valence-electron chi connectivity index (χ1n) is 6.44. The molecule has 0 saturated carbocycles. The fourth-order valence-electron chi connectivity index (χ4n) is 1.94. The first-order chi connectivity index (χ1) is 10.3.